The first-order chi connectivity index (χ1) is 7.09. The summed E-state index contributed by atoms with van der Waals surface area (Å²) in [5.74, 6) is 6.23. The average Bonchev–Trinajstić information content (AvgIpc) is 2.15. The van der Waals surface area contributed by atoms with E-state index in [-0.39, 0.29) is 0 Å². The summed E-state index contributed by atoms with van der Waals surface area (Å²) in [6, 6.07) is 8.13. The van der Waals surface area contributed by atoms with Crippen LogP contribution in [0, 0.1) is 18.8 Å². The predicted molar refractivity (Wildman–Crippen MR) is 65.8 cm³/mol. The van der Waals surface area contributed by atoms with Crippen LogP contribution < -0.4 is 0 Å². The molecule has 1 nitrogen and oxygen atoms in total. The van der Waals surface area contributed by atoms with Crippen LogP contribution in [0.5, 0.6) is 0 Å². The molecule has 0 amide bonds. The van der Waals surface area contributed by atoms with E-state index in [4.69, 9.17) is 0 Å². The van der Waals surface area contributed by atoms with Crippen LogP contribution >= 0.6 is 0 Å². The predicted octanol–water partition coefficient (Wildman–Crippen LogP) is 2.46. The Bertz CT molecular complexity index is 405. The molecule has 0 atom stereocenters. The van der Waals surface area contributed by atoms with Crippen LogP contribution in [0.25, 0.3) is 0 Å². The topological polar surface area (TPSA) is 3.24 Å². The number of hydrogen-bond acceptors (Lipinski definition) is 1. The molecule has 0 aliphatic heterocycles. The number of nitrogens with zero attached hydrogens (tertiary/aromatic N) is 1. The van der Waals surface area contributed by atoms with Crippen LogP contribution in [0.4, 0.5) is 0 Å². The number of benzene rings is 1. The molecule has 0 aromatic heterocycles. The lowest BCUT2D eigenvalue weighted by Gasteiger charge is -2.06. The molecule has 0 bridgehead atoms. The van der Waals surface area contributed by atoms with Crippen LogP contribution in [-0.4, -0.2) is 25.5 Å². The maximum absolute atomic E-state index is 3.92. The quantitative estimate of drug-likeness (QED) is 0.661. The number of likely N-dealkylation sites (N-methyl/N-ethyl adjacent to an activating group) is 1. The van der Waals surface area contributed by atoms with Gasteiger partial charge in [-0.25, -0.2) is 0 Å². The van der Waals surface area contributed by atoms with Crippen LogP contribution in [0.2, 0.25) is 0 Å². The molecule has 0 fully saturated rings. The van der Waals surface area contributed by atoms with Crippen molar-refractivity contribution in [2.45, 2.75) is 6.92 Å². The highest BCUT2D eigenvalue weighted by Gasteiger charge is 1.93. The third kappa shape index (κ3) is 4.01. The van der Waals surface area contributed by atoms with Crippen molar-refractivity contribution in [2.24, 2.45) is 0 Å². The van der Waals surface area contributed by atoms with Crippen LogP contribution in [0.1, 0.15) is 11.1 Å². The fourth-order valence-corrected chi connectivity index (χ4v) is 1.29. The van der Waals surface area contributed by atoms with Gasteiger partial charge in [0.1, 0.15) is 0 Å². The van der Waals surface area contributed by atoms with Crippen LogP contribution in [0.15, 0.2) is 36.4 Å². The van der Waals surface area contributed by atoms with Gasteiger partial charge in [-0.05, 0) is 32.6 Å². The monoisotopic (exact) mass is 199 g/mol. The smallest absolute Gasteiger partial charge is 0.0301 e. The molecule has 1 heteroatoms. The fourth-order valence-electron chi connectivity index (χ4n) is 1.29. The lowest BCUT2D eigenvalue weighted by Crippen LogP contribution is -2.13. The van der Waals surface area contributed by atoms with Gasteiger partial charge in [-0.1, -0.05) is 36.6 Å². The van der Waals surface area contributed by atoms with E-state index in [0.717, 1.165) is 17.7 Å². The van der Waals surface area contributed by atoms with E-state index in [1.165, 1.54) is 5.56 Å². The molecule has 0 aliphatic carbocycles. The summed E-state index contributed by atoms with van der Waals surface area (Å²) in [6.07, 6.45) is 0. The highest BCUT2D eigenvalue weighted by atomic mass is 15.0. The first kappa shape index (κ1) is 11.6. The Labute approximate surface area is 92.4 Å². The summed E-state index contributed by atoms with van der Waals surface area (Å²) < 4.78 is 0. The second kappa shape index (κ2) is 5.38. The number of rotatable bonds is 2. The summed E-state index contributed by atoms with van der Waals surface area (Å²) in [5.41, 5.74) is 3.24. The van der Waals surface area contributed by atoms with E-state index >= 15 is 0 Å². The molecule has 0 spiro atoms. The van der Waals surface area contributed by atoms with Gasteiger partial charge >= 0.3 is 0 Å². The summed E-state index contributed by atoms with van der Waals surface area (Å²) in [4.78, 5) is 2.06. The van der Waals surface area contributed by atoms with Crippen molar-refractivity contribution in [1.29, 1.82) is 0 Å². The Morgan fingerprint density at radius 3 is 2.60 bits per heavy atom. The lowest BCUT2D eigenvalue weighted by molar-refractivity contribution is 0.450. The second-order valence-corrected chi connectivity index (χ2v) is 3.91. The van der Waals surface area contributed by atoms with Crippen molar-refractivity contribution < 1.29 is 0 Å². The largest absolute Gasteiger partial charge is 0.305 e. The van der Waals surface area contributed by atoms with Crippen molar-refractivity contribution in [3.8, 4) is 11.8 Å². The molecule has 1 aromatic carbocycles. The molecule has 0 saturated heterocycles. The minimum absolute atomic E-state index is 0.818. The van der Waals surface area contributed by atoms with Crippen molar-refractivity contribution in [3.05, 3.63) is 47.5 Å². The van der Waals surface area contributed by atoms with Gasteiger partial charge < -0.3 is 4.90 Å². The summed E-state index contributed by atoms with van der Waals surface area (Å²) >= 11 is 0. The Balaban J connectivity index is 2.74. The molecule has 1 rings (SSSR count). The summed E-state index contributed by atoms with van der Waals surface area (Å²) in [7, 11) is 4.03. The third-order valence-corrected chi connectivity index (χ3v) is 2.03. The van der Waals surface area contributed by atoms with Gasteiger partial charge in [0.05, 0.1) is 0 Å². The Hall–Kier alpha value is -1.52. The highest BCUT2D eigenvalue weighted by Crippen LogP contribution is 2.04. The van der Waals surface area contributed by atoms with Crippen LogP contribution in [-0.2, 0) is 0 Å². The molecule has 1 aromatic rings. The van der Waals surface area contributed by atoms with Gasteiger partial charge in [-0.3, -0.25) is 0 Å². The zero-order valence-electron chi connectivity index (χ0n) is 9.67. The fraction of sp³-hybridized carbons (Fsp3) is 0.286. The van der Waals surface area contributed by atoms with Crippen molar-refractivity contribution >= 4 is 0 Å². The van der Waals surface area contributed by atoms with Gasteiger partial charge in [-0.2, -0.15) is 0 Å². The van der Waals surface area contributed by atoms with Crippen LogP contribution in [0.3, 0.4) is 0 Å². The lowest BCUT2D eigenvalue weighted by atomic mass is 10.1. The van der Waals surface area contributed by atoms with Gasteiger partial charge in [0.15, 0.2) is 0 Å². The van der Waals surface area contributed by atoms with E-state index in [1.54, 1.807) is 0 Å². The van der Waals surface area contributed by atoms with E-state index in [0.29, 0.717) is 0 Å². The van der Waals surface area contributed by atoms with Gasteiger partial charge in [0, 0.05) is 17.7 Å². The Morgan fingerprint density at radius 2 is 2.00 bits per heavy atom. The molecular formula is C14H17N. The highest BCUT2D eigenvalue weighted by molar-refractivity contribution is 5.44. The maximum atomic E-state index is 3.92. The first-order valence-corrected chi connectivity index (χ1v) is 5.00. The van der Waals surface area contributed by atoms with Crippen molar-refractivity contribution in [1.82, 2.24) is 4.90 Å². The molecule has 15 heavy (non-hydrogen) atoms. The van der Waals surface area contributed by atoms with Gasteiger partial charge in [-0.15, -0.1) is 0 Å². The normalized spacial score (nSPS) is 9.60. The Morgan fingerprint density at radius 1 is 1.33 bits per heavy atom. The average molecular weight is 199 g/mol. The molecule has 0 heterocycles. The first-order valence-electron chi connectivity index (χ1n) is 5.00. The van der Waals surface area contributed by atoms with E-state index in [2.05, 4.69) is 36.3 Å². The minimum atomic E-state index is 0.818. The molecule has 0 N–H and O–H groups in total. The molecule has 0 radical (unpaired) electrons. The van der Waals surface area contributed by atoms with E-state index in [9.17, 15) is 0 Å². The SMILES string of the molecule is C=C(C#Cc1ccccc1C)CN(C)C. The molecule has 0 unspecified atom stereocenters. The zero-order chi connectivity index (χ0) is 11.3. The van der Waals surface area contributed by atoms with Gasteiger partial charge in [0.2, 0.25) is 0 Å². The molecule has 0 saturated carbocycles. The molecular weight excluding hydrogens is 182 g/mol. The zero-order valence-corrected chi connectivity index (χ0v) is 9.67. The van der Waals surface area contributed by atoms with Crippen molar-refractivity contribution in [2.75, 3.05) is 20.6 Å². The second-order valence-electron chi connectivity index (χ2n) is 3.91. The van der Waals surface area contributed by atoms with E-state index < -0.39 is 0 Å². The third-order valence-electron chi connectivity index (χ3n) is 2.03. The molecule has 0 aliphatic rings. The number of aryl methyl sites for hydroxylation is 1. The number of hydrogen-bond donors (Lipinski definition) is 0. The summed E-state index contributed by atoms with van der Waals surface area (Å²) in [5, 5.41) is 0. The Kier molecular flexibility index (Phi) is 4.15. The van der Waals surface area contributed by atoms with Crippen molar-refractivity contribution in [3.63, 3.8) is 0 Å². The van der Waals surface area contributed by atoms with Gasteiger partial charge in [0.25, 0.3) is 0 Å². The molecule has 78 valence electrons. The minimum Gasteiger partial charge on any atom is -0.305 e. The standard InChI is InChI=1S/C14H17N/c1-12(11-15(3)4)9-10-14-8-6-5-7-13(14)2/h5-8H,1,11H2,2-4H3. The maximum Gasteiger partial charge on any atom is 0.0301 e. The van der Waals surface area contributed by atoms with E-state index in [1.807, 2.05) is 32.3 Å². The summed E-state index contributed by atoms with van der Waals surface area (Å²) in [6.45, 7) is 6.81.